The fourth-order valence-electron chi connectivity index (χ4n) is 3.26. The third-order valence-corrected chi connectivity index (χ3v) is 4.65. The molecule has 1 rings (SSSR count). The molecule has 0 aromatic rings. The van der Waals surface area contributed by atoms with Gasteiger partial charge in [-0.25, -0.2) is 0 Å². The summed E-state index contributed by atoms with van der Waals surface area (Å²) in [6, 6.07) is 0. The van der Waals surface area contributed by atoms with E-state index in [9.17, 15) is 0 Å². The van der Waals surface area contributed by atoms with Crippen LogP contribution in [0.1, 0.15) is 70.6 Å². The Bertz CT molecular complexity index is 220. The van der Waals surface area contributed by atoms with Gasteiger partial charge in [-0.05, 0) is 12.8 Å². The molecule has 2 N–H and O–H groups in total. The molecule has 22 heavy (non-hydrogen) atoms. The summed E-state index contributed by atoms with van der Waals surface area (Å²) in [5.74, 6) is 0. The third kappa shape index (κ3) is 10.5. The lowest BCUT2D eigenvalue weighted by Crippen LogP contribution is -2.33. The van der Waals surface area contributed by atoms with Gasteiger partial charge in [0.15, 0.2) is 0 Å². The van der Waals surface area contributed by atoms with Gasteiger partial charge in [0, 0.05) is 19.6 Å². The Hall–Kier alpha value is -0.160. The normalized spacial score (nSPS) is 19.8. The molecule has 132 valence electrons. The highest BCUT2D eigenvalue weighted by Gasteiger charge is 2.11. The van der Waals surface area contributed by atoms with E-state index in [4.69, 9.17) is 14.9 Å². The van der Waals surface area contributed by atoms with Gasteiger partial charge in [0.25, 0.3) is 0 Å². The second-order valence-corrected chi connectivity index (χ2v) is 6.54. The van der Waals surface area contributed by atoms with Crippen molar-refractivity contribution in [2.75, 3.05) is 39.5 Å². The Balaban J connectivity index is 2.23. The summed E-state index contributed by atoms with van der Waals surface area (Å²) in [7, 11) is 0. The fourth-order valence-corrected chi connectivity index (χ4v) is 3.26. The van der Waals surface area contributed by atoms with Gasteiger partial charge < -0.3 is 14.9 Å². The van der Waals surface area contributed by atoms with Crippen LogP contribution in [0.5, 0.6) is 0 Å². The van der Waals surface area contributed by atoms with Gasteiger partial charge in [0.2, 0.25) is 0 Å². The smallest absolute Gasteiger partial charge is 0.0597 e. The molecule has 0 amide bonds. The van der Waals surface area contributed by atoms with Crippen molar-refractivity contribution >= 4 is 0 Å². The SMILES string of the molecule is OCCN(CCO)CCOC1CCCCCCCCCCC1. The highest BCUT2D eigenvalue weighted by molar-refractivity contribution is 4.63. The van der Waals surface area contributed by atoms with E-state index in [-0.39, 0.29) is 13.2 Å². The first-order chi connectivity index (χ1) is 10.9. The zero-order chi connectivity index (χ0) is 15.9. The van der Waals surface area contributed by atoms with Crippen molar-refractivity contribution in [1.82, 2.24) is 4.90 Å². The van der Waals surface area contributed by atoms with E-state index < -0.39 is 0 Å². The molecule has 1 aliphatic carbocycles. The minimum absolute atomic E-state index is 0.142. The van der Waals surface area contributed by atoms with Crippen molar-refractivity contribution < 1.29 is 14.9 Å². The molecular formula is C18H37NO3. The first-order valence-electron chi connectivity index (χ1n) is 9.42. The van der Waals surface area contributed by atoms with Gasteiger partial charge in [-0.15, -0.1) is 0 Å². The summed E-state index contributed by atoms with van der Waals surface area (Å²) in [6.07, 6.45) is 15.1. The van der Waals surface area contributed by atoms with Crippen LogP contribution in [0.15, 0.2) is 0 Å². The molecule has 0 aromatic carbocycles. The van der Waals surface area contributed by atoms with Gasteiger partial charge >= 0.3 is 0 Å². The number of nitrogens with zero attached hydrogens (tertiary/aromatic N) is 1. The predicted octanol–water partition coefficient (Wildman–Crippen LogP) is 2.96. The minimum atomic E-state index is 0.142. The van der Waals surface area contributed by atoms with Gasteiger partial charge in [0.05, 0.1) is 25.9 Å². The van der Waals surface area contributed by atoms with Gasteiger partial charge in [0.1, 0.15) is 0 Å². The van der Waals surface area contributed by atoms with Crippen LogP contribution in [0.25, 0.3) is 0 Å². The van der Waals surface area contributed by atoms with Crippen LogP contribution in [-0.2, 0) is 4.74 Å². The quantitative estimate of drug-likeness (QED) is 0.723. The molecule has 1 fully saturated rings. The minimum Gasteiger partial charge on any atom is -0.395 e. The summed E-state index contributed by atoms with van der Waals surface area (Å²) >= 11 is 0. The Labute approximate surface area is 136 Å². The van der Waals surface area contributed by atoms with E-state index in [1.54, 1.807) is 0 Å². The Morgan fingerprint density at radius 1 is 0.682 bits per heavy atom. The van der Waals surface area contributed by atoms with E-state index >= 15 is 0 Å². The Kier molecular flexibility index (Phi) is 13.0. The molecule has 0 atom stereocenters. The molecule has 0 saturated heterocycles. The second kappa shape index (κ2) is 14.4. The molecule has 1 saturated carbocycles. The highest BCUT2D eigenvalue weighted by Crippen LogP contribution is 2.18. The monoisotopic (exact) mass is 315 g/mol. The molecule has 0 bridgehead atoms. The molecule has 4 nitrogen and oxygen atoms in total. The second-order valence-electron chi connectivity index (χ2n) is 6.54. The van der Waals surface area contributed by atoms with Crippen molar-refractivity contribution in [2.45, 2.75) is 76.7 Å². The summed E-state index contributed by atoms with van der Waals surface area (Å²) in [5.41, 5.74) is 0. The number of ether oxygens (including phenoxy) is 1. The van der Waals surface area contributed by atoms with Crippen LogP contribution in [0.2, 0.25) is 0 Å². The van der Waals surface area contributed by atoms with E-state index in [2.05, 4.69) is 4.90 Å². The summed E-state index contributed by atoms with van der Waals surface area (Å²) in [4.78, 5) is 2.06. The van der Waals surface area contributed by atoms with Crippen LogP contribution in [0.3, 0.4) is 0 Å². The summed E-state index contributed by atoms with van der Waals surface area (Å²) < 4.78 is 6.11. The number of hydrogen-bond donors (Lipinski definition) is 2. The topological polar surface area (TPSA) is 52.9 Å². The molecule has 0 heterocycles. The lowest BCUT2D eigenvalue weighted by atomic mass is 9.99. The van der Waals surface area contributed by atoms with Gasteiger partial charge in [-0.2, -0.15) is 0 Å². The van der Waals surface area contributed by atoms with Crippen LogP contribution in [0, 0.1) is 0 Å². The molecule has 0 aliphatic heterocycles. The number of aliphatic hydroxyl groups is 2. The molecular weight excluding hydrogens is 278 g/mol. The number of aliphatic hydroxyl groups excluding tert-OH is 2. The first kappa shape index (κ1) is 19.9. The van der Waals surface area contributed by atoms with Crippen LogP contribution in [0.4, 0.5) is 0 Å². The van der Waals surface area contributed by atoms with Gasteiger partial charge in [-0.3, -0.25) is 4.90 Å². The standard InChI is InChI=1S/C18H37NO3/c20-15-12-19(13-16-21)14-17-22-18-10-8-6-4-2-1-3-5-7-9-11-18/h18,20-21H,1-17H2. The highest BCUT2D eigenvalue weighted by atomic mass is 16.5. The van der Waals surface area contributed by atoms with Crippen molar-refractivity contribution in [1.29, 1.82) is 0 Å². The maximum Gasteiger partial charge on any atom is 0.0597 e. The third-order valence-electron chi connectivity index (χ3n) is 4.65. The van der Waals surface area contributed by atoms with Crippen molar-refractivity contribution in [3.8, 4) is 0 Å². The lowest BCUT2D eigenvalue weighted by molar-refractivity contribution is 0.0200. The van der Waals surface area contributed by atoms with E-state index in [0.29, 0.717) is 25.8 Å². The molecule has 0 aromatic heterocycles. The van der Waals surface area contributed by atoms with Crippen LogP contribution in [-0.4, -0.2) is 60.7 Å². The van der Waals surface area contributed by atoms with Crippen molar-refractivity contribution in [2.24, 2.45) is 0 Å². The average molecular weight is 315 g/mol. The van der Waals surface area contributed by atoms with Crippen molar-refractivity contribution in [3.63, 3.8) is 0 Å². The zero-order valence-electron chi connectivity index (χ0n) is 14.3. The summed E-state index contributed by atoms with van der Waals surface area (Å²) in [6.45, 7) is 3.04. The van der Waals surface area contributed by atoms with E-state index in [1.165, 1.54) is 70.6 Å². The van der Waals surface area contributed by atoms with Crippen molar-refractivity contribution in [3.05, 3.63) is 0 Å². The van der Waals surface area contributed by atoms with E-state index in [0.717, 1.165) is 6.54 Å². The lowest BCUT2D eigenvalue weighted by Gasteiger charge is -2.23. The number of hydrogen-bond acceptors (Lipinski definition) is 4. The largest absolute Gasteiger partial charge is 0.395 e. The summed E-state index contributed by atoms with van der Waals surface area (Å²) in [5, 5.41) is 18.0. The predicted molar refractivity (Wildman–Crippen MR) is 91.1 cm³/mol. The molecule has 4 heteroatoms. The van der Waals surface area contributed by atoms with Crippen LogP contribution < -0.4 is 0 Å². The Morgan fingerprint density at radius 2 is 1.14 bits per heavy atom. The molecule has 0 spiro atoms. The maximum absolute atomic E-state index is 9.02. The maximum atomic E-state index is 9.02. The average Bonchev–Trinajstić information content (AvgIpc) is 2.50. The van der Waals surface area contributed by atoms with Crippen LogP contribution >= 0.6 is 0 Å². The molecule has 0 unspecified atom stereocenters. The molecule has 0 radical (unpaired) electrons. The fraction of sp³-hybridized carbons (Fsp3) is 1.00. The zero-order valence-corrected chi connectivity index (χ0v) is 14.3. The molecule has 1 aliphatic rings. The first-order valence-corrected chi connectivity index (χ1v) is 9.42. The Morgan fingerprint density at radius 3 is 1.59 bits per heavy atom. The van der Waals surface area contributed by atoms with E-state index in [1.807, 2.05) is 0 Å². The number of rotatable bonds is 8. The van der Waals surface area contributed by atoms with Gasteiger partial charge in [-0.1, -0.05) is 57.8 Å².